The number of hydrogen-bond acceptors (Lipinski definition) is 6. The van der Waals surface area contributed by atoms with Crippen molar-refractivity contribution >= 4 is 40.1 Å². The predicted octanol–water partition coefficient (Wildman–Crippen LogP) is 4.29. The molecule has 140 valence electrons. The predicted molar refractivity (Wildman–Crippen MR) is 111 cm³/mol. The maximum atomic E-state index is 12.3. The molecule has 0 bridgehead atoms. The van der Waals surface area contributed by atoms with Gasteiger partial charge < -0.3 is 5.32 Å². The first-order valence-corrected chi connectivity index (χ1v) is 9.86. The number of hydrogen-bond donors (Lipinski definition) is 1. The van der Waals surface area contributed by atoms with Crippen molar-refractivity contribution in [3.05, 3.63) is 59.7 Å². The van der Waals surface area contributed by atoms with E-state index >= 15 is 0 Å². The first kappa shape index (κ1) is 19.0. The standard InChI is InChI=1S/C20H23N5OS/c1-3-24(4-2)14-20(26)23-16-6-5-7-17(12-16)25(18-8-11-27-15-18)19-13-21-9-10-22-19/h5-13,15H,3-4,14H2,1-2H3,(H,23,26). The lowest BCUT2D eigenvalue weighted by Gasteiger charge is -2.23. The molecule has 0 spiro atoms. The molecule has 6 nitrogen and oxygen atoms in total. The van der Waals surface area contributed by atoms with Gasteiger partial charge in [0.05, 0.1) is 18.4 Å². The van der Waals surface area contributed by atoms with E-state index in [9.17, 15) is 4.79 Å². The molecule has 0 unspecified atom stereocenters. The molecular weight excluding hydrogens is 358 g/mol. The van der Waals surface area contributed by atoms with Gasteiger partial charge in [0.2, 0.25) is 5.91 Å². The van der Waals surface area contributed by atoms with E-state index in [1.165, 1.54) is 0 Å². The quantitative estimate of drug-likeness (QED) is 0.631. The molecule has 0 fully saturated rings. The number of carbonyl (C=O) groups excluding carboxylic acids is 1. The maximum absolute atomic E-state index is 12.3. The third-order valence-corrected chi connectivity index (χ3v) is 4.86. The summed E-state index contributed by atoms with van der Waals surface area (Å²) in [4.78, 5) is 25.1. The van der Waals surface area contributed by atoms with Gasteiger partial charge in [0.25, 0.3) is 0 Å². The van der Waals surface area contributed by atoms with E-state index in [-0.39, 0.29) is 5.91 Å². The SMILES string of the molecule is CCN(CC)CC(=O)Nc1cccc(N(c2ccsc2)c2cnccn2)c1. The number of likely N-dealkylation sites (N-methyl/N-ethyl adjacent to an activating group) is 1. The lowest BCUT2D eigenvalue weighted by atomic mass is 10.2. The summed E-state index contributed by atoms with van der Waals surface area (Å²) in [6, 6.07) is 9.80. The average molecular weight is 382 g/mol. The highest BCUT2D eigenvalue weighted by molar-refractivity contribution is 7.08. The van der Waals surface area contributed by atoms with Crippen molar-refractivity contribution < 1.29 is 4.79 Å². The van der Waals surface area contributed by atoms with E-state index in [0.717, 1.165) is 36.0 Å². The monoisotopic (exact) mass is 381 g/mol. The zero-order valence-electron chi connectivity index (χ0n) is 15.5. The highest BCUT2D eigenvalue weighted by Crippen LogP contribution is 2.35. The van der Waals surface area contributed by atoms with E-state index in [0.29, 0.717) is 6.54 Å². The van der Waals surface area contributed by atoms with Crippen molar-refractivity contribution in [2.45, 2.75) is 13.8 Å². The lowest BCUT2D eigenvalue weighted by molar-refractivity contribution is -0.117. The molecule has 0 aliphatic carbocycles. The van der Waals surface area contributed by atoms with E-state index < -0.39 is 0 Å². The van der Waals surface area contributed by atoms with Crippen LogP contribution in [-0.2, 0) is 4.79 Å². The van der Waals surface area contributed by atoms with Crippen molar-refractivity contribution in [1.82, 2.24) is 14.9 Å². The van der Waals surface area contributed by atoms with Crippen LogP contribution in [0.25, 0.3) is 0 Å². The topological polar surface area (TPSA) is 61.4 Å². The number of benzene rings is 1. The lowest BCUT2D eigenvalue weighted by Crippen LogP contribution is -2.32. The largest absolute Gasteiger partial charge is 0.325 e. The molecule has 0 radical (unpaired) electrons. The highest BCUT2D eigenvalue weighted by Gasteiger charge is 2.15. The van der Waals surface area contributed by atoms with Crippen molar-refractivity contribution in [3.63, 3.8) is 0 Å². The summed E-state index contributed by atoms with van der Waals surface area (Å²) in [6.07, 6.45) is 5.05. The van der Waals surface area contributed by atoms with Crippen LogP contribution in [0.2, 0.25) is 0 Å². The zero-order chi connectivity index (χ0) is 19.1. The second-order valence-corrected chi connectivity index (χ2v) is 6.72. The fourth-order valence-electron chi connectivity index (χ4n) is 2.78. The summed E-state index contributed by atoms with van der Waals surface area (Å²) in [7, 11) is 0. The molecule has 2 aromatic heterocycles. The number of carbonyl (C=O) groups is 1. The summed E-state index contributed by atoms with van der Waals surface area (Å²) in [5, 5.41) is 7.07. The Morgan fingerprint density at radius 3 is 2.67 bits per heavy atom. The maximum Gasteiger partial charge on any atom is 0.238 e. The zero-order valence-corrected chi connectivity index (χ0v) is 16.3. The summed E-state index contributed by atoms with van der Waals surface area (Å²) in [6.45, 7) is 6.19. The Bertz CT molecular complexity index is 850. The molecule has 0 saturated heterocycles. The van der Waals surface area contributed by atoms with Crippen LogP contribution < -0.4 is 10.2 Å². The summed E-state index contributed by atoms with van der Waals surface area (Å²) < 4.78 is 0. The van der Waals surface area contributed by atoms with Gasteiger partial charge in [-0.15, -0.1) is 0 Å². The number of aromatic nitrogens is 2. The van der Waals surface area contributed by atoms with Gasteiger partial charge in [-0.2, -0.15) is 11.3 Å². The molecule has 0 saturated carbocycles. The van der Waals surface area contributed by atoms with Crippen molar-refractivity contribution in [3.8, 4) is 0 Å². The number of nitrogens with one attached hydrogen (secondary N) is 1. The third-order valence-electron chi connectivity index (χ3n) is 4.19. The third kappa shape index (κ3) is 4.90. The molecule has 3 rings (SSSR count). The molecule has 1 amide bonds. The van der Waals surface area contributed by atoms with Gasteiger partial charge in [-0.3, -0.25) is 19.6 Å². The van der Waals surface area contributed by atoms with Crippen LogP contribution in [0, 0.1) is 0 Å². The molecule has 0 aliphatic rings. The van der Waals surface area contributed by atoms with Crippen LogP contribution in [0.15, 0.2) is 59.7 Å². The van der Waals surface area contributed by atoms with E-state index in [1.807, 2.05) is 40.6 Å². The van der Waals surface area contributed by atoms with Crippen molar-refractivity contribution in [2.75, 3.05) is 29.9 Å². The Morgan fingerprint density at radius 2 is 2.00 bits per heavy atom. The Morgan fingerprint density at radius 1 is 1.15 bits per heavy atom. The van der Waals surface area contributed by atoms with Gasteiger partial charge in [-0.25, -0.2) is 4.98 Å². The smallest absolute Gasteiger partial charge is 0.238 e. The molecule has 0 aliphatic heterocycles. The number of nitrogens with zero attached hydrogens (tertiary/aromatic N) is 4. The highest BCUT2D eigenvalue weighted by atomic mass is 32.1. The normalized spacial score (nSPS) is 10.8. The Kier molecular flexibility index (Phi) is 6.51. The minimum Gasteiger partial charge on any atom is -0.325 e. The Hall–Kier alpha value is -2.77. The van der Waals surface area contributed by atoms with Gasteiger partial charge in [-0.1, -0.05) is 19.9 Å². The van der Waals surface area contributed by atoms with E-state index in [4.69, 9.17) is 0 Å². The molecule has 27 heavy (non-hydrogen) atoms. The molecule has 1 N–H and O–H groups in total. The fourth-order valence-corrected chi connectivity index (χ4v) is 3.40. The van der Waals surface area contributed by atoms with Crippen LogP contribution >= 0.6 is 11.3 Å². The van der Waals surface area contributed by atoms with E-state index in [2.05, 4.69) is 39.4 Å². The van der Waals surface area contributed by atoms with Gasteiger partial charge in [-0.05, 0) is 42.7 Å². The van der Waals surface area contributed by atoms with Crippen LogP contribution in [0.5, 0.6) is 0 Å². The van der Waals surface area contributed by atoms with Crippen LogP contribution in [-0.4, -0.2) is 40.4 Å². The van der Waals surface area contributed by atoms with Crippen molar-refractivity contribution in [1.29, 1.82) is 0 Å². The fraction of sp³-hybridized carbons (Fsp3) is 0.250. The number of rotatable bonds is 8. The Balaban J connectivity index is 1.85. The molecular formula is C20H23N5OS. The number of thiophene rings is 1. The second-order valence-electron chi connectivity index (χ2n) is 5.94. The summed E-state index contributed by atoms with van der Waals surface area (Å²) in [5.74, 6) is 0.708. The molecule has 7 heteroatoms. The average Bonchev–Trinajstić information content (AvgIpc) is 3.22. The Labute approximate surface area is 163 Å². The molecule has 1 aromatic carbocycles. The summed E-state index contributed by atoms with van der Waals surface area (Å²) in [5.41, 5.74) is 2.68. The van der Waals surface area contributed by atoms with Crippen LogP contribution in [0.1, 0.15) is 13.8 Å². The minimum absolute atomic E-state index is 0.0163. The van der Waals surface area contributed by atoms with Crippen LogP contribution in [0.3, 0.4) is 0 Å². The summed E-state index contributed by atoms with van der Waals surface area (Å²) >= 11 is 1.62. The number of anilines is 4. The van der Waals surface area contributed by atoms with Gasteiger partial charge in [0, 0.05) is 29.1 Å². The van der Waals surface area contributed by atoms with Crippen LogP contribution in [0.4, 0.5) is 22.9 Å². The number of amides is 1. The first-order valence-electron chi connectivity index (χ1n) is 8.92. The second kappa shape index (κ2) is 9.25. The first-order chi connectivity index (χ1) is 13.2. The molecule has 2 heterocycles. The van der Waals surface area contributed by atoms with Gasteiger partial charge in [0.1, 0.15) is 0 Å². The minimum atomic E-state index is -0.0163. The molecule has 3 aromatic rings. The van der Waals surface area contributed by atoms with E-state index in [1.54, 1.807) is 29.9 Å². The molecule has 0 atom stereocenters. The van der Waals surface area contributed by atoms with Gasteiger partial charge in [0.15, 0.2) is 5.82 Å². The van der Waals surface area contributed by atoms with Gasteiger partial charge >= 0.3 is 0 Å². The van der Waals surface area contributed by atoms with Crippen molar-refractivity contribution in [2.24, 2.45) is 0 Å².